The number of anilines is 2. The highest BCUT2D eigenvalue weighted by molar-refractivity contribution is 5.95. The quantitative estimate of drug-likeness (QED) is 0.620. The molecule has 26 heavy (non-hydrogen) atoms. The van der Waals surface area contributed by atoms with Crippen LogP contribution < -0.4 is 10.2 Å². The summed E-state index contributed by atoms with van der Waals surface area (Å²) >= 11 is 0. The Hall–Kier alpha value is -2.85. The first kappa shape index (κ1) is 18.0. The molecule has 2 aliphatic rings. The highest BCUT2D eigenvalue weighted by Gasteiger charge is 2.53. The minimum atomic E-state index is -4.74. The van der Waals surface area contributed by atoms with E-state index in [-0.39, 0.29) is 24.4 Å². The third kappa shape index (κ3) is 3.16. The topological polar surface area (TPSA) is 113 Å². The van der Waals surface area contributed by atoms with Crippen molar-refractivity contribution in [1.29, 1.82) is 0 Å². The highest BCUT2D eigenvalue weighted by Crippen LogP contribution is 2.43. The first-order chi connectivity index (χ1) is 12.1. The fraction of sp³-hybridized carbons (Fsp3) is 0.467. The average Bonchev–Trinajstić information content (AvgIpc) is 2.99. The molecule has 11 heteroatoms. The zero-order valence-electron chi connectivity index (χ0n) is 13.2. The highest BCUT2D eigenvalue weighted by atomic mass is 19.4. The lowest BCUT2D eigenvalue weighted by Gasteiger charge is -2.23. The summed E-state index contributed by atoms with van der Waals surface area (Å²) in [5.41, 5.74) is 0.270. The minimum Gasteiger partial charge on any atom is -0.481 e. The van der Waals surface area contributed by atoms with Crippen molar-refractivity contribution < 1.29 is 32.8 Å². The summed E-state index contributed by atoms with van der Waals surface area (Å²) in [4.78, 5) is 34.4. The Morgan fingerprint density at radius 2 is 2.00 bits per heavy atom. The molecule has 0 bridgehead atoms. The third-order valence-electron chi connectivity index (χ3n) is 4.69. The van der Waals surface area contributed by atoms with Crippen LogP contribution in [-0.4, -0.2) is 41.2 Å². The number of fused-ring (bicyclic) bond motifs is 1. The largest absolute Gasteiger partial charge is 0.481 e. The Balaban J connectivity index is 2.03. The molecule has 1 amide bonds. The first-order valence-electron chi connectivity index (χ1n) is 7.73. The van der Waals surface area contributed by atoms with Crippen LogP contribution in [0.3, 0.4) is 0 Å². The average molecular weight is 373 g/mol. The van der Waals surface area contributed by atoms with Crippen molar-refractivity contribution in [1.82, 2.24) is 0 Å². The lowest BCUT2D eigenvalue weighted by atomic mass is 9.96. The Bertz CT molecular complexity index is 795. The molecule has 0 aliphatic carbocycles. The molecule has 2 atom stereocenters. The first-order valence-corrected chi connectivity index (χ1v) is 7.73. The maximum atomic E-state index is 13.2. The maximum absolute atomic E-state index is 13.2. The fourth-order valence-electron chi connectivity index (χ4n) is 3.39. The van der Waals surface area contributed by atoms with E-state index < -0.39 is 47.7 Å². The number of amides is 1. The van der Waals surface area contributed by atoms with E-state index >= 15 is 0 Å². The number of nitrogens with zero attached hydrogens (tertiary/aromatic N) is 2. The van der Waals surface area contributed by atoms with Crippen molar-refractivity contribution >= 4 is 28.9 Å². The number of nitro benzene ring substituents is 1. The number of hydrogen-bond acceptors (Lipinski definition) is 5. The Kier molecular flexibility index (Phi) is 4.24. The van der Waals surface area contributed by atoms with Crippen LogP contribution in [0.15, 0.2) is 12.1 Å². The van der Waals surface area contributed by atoms with Crippen molar-refractivity contribution in [2.75, 3.05) is 23.3 Å². The lowest BCUT2D eigenvalue weighted by molar-refractivity contribution is -0.384. The summed E-state index contributed by atoms with van der Waals surface area (Å²) < 4.78 is 39.5. The van der Waals surface area contributed by atoms with E-state index in [2.05, 4.69) is 5.32 Å². The van der Waals surface area contributed by atoms with Crippen molar-refractivity contribution in [2.45, 2.75) is 19.0 Å². The molecule has 0 saturated carbocycles. The van der Waals surface area contributed by atoms with Gasteiger partial charge in [-0.3, -0.25) is 19.7 Å². The molecule has 2 N–H and O–H groups in total. The van der Waals surface area contributed by atoms with Crippen molar-refractivity contribution in [2.24, 2.45) is 11.8 Å². The van der Waals surface area contributed by atoms with E-state index in [1.54, 1.807) is 0 Å². The number of aryl methyl sites for hydroxylation is 1. The molecular formula is C15H14F3N3O5. The summed E-state index contributed by atoms with van der Waals surface area (Å²) in [7, 11) is 0. The number of benzene rings is 1. The Morgan fingerprint density at radius 1 is 1.31 bits per heavy atom. The minimum absolute atomic E-state index is 0.131. The van der Waals surface area contributed by atoms with Gasteiger partial charge in [-0.25, -0.2) is 0 Å². The van der Waals surface area contributed by atoms with Gasteiger partial charge in [-0.05, 0) is 18.1 Å². The second-order valence-corrected chi connectivity index (χ2v) is 6.30. The van der Waals surface area contributed by atoms with Crippen LogP contribution in [0.5, 0.6) is 0 Å². The van der Waals surface area contributed by atoms with Crippen LogP contribution in [0, 0.1) is 22.0 Å². The van der Waals surface area contributed by atoms with Gasteiger partial charge in [0.2, 0.25) is 5.91 Å². The number of carboxylic acid groups (broad SMARTS) is 1. The van der Waals surface area contributed by atoms with E-state index in [0.717, 1.165) is 4.90 Å². The molecule has 1 fully saturated rings. The number of alkyl halides is 3. The van der Waals surface area contributed by atoms with Gasteiger partial charge in [0.15, 0.2) is 0 Å². The van der Waals surface area contributed by atoms with Crippen molar-refractivity contribution in [3.63, 3.8) is 0 Å². The Labute approximate surface area is 144 Å². The van der Waals surface area contributed by atoms with Gasteiger partial charge < -0.3 is 15.3 Å². The Morgan fingerprint density at radius 3 is 2.54 bits per heavy atom. The molecule has 0 radical (unpaired) electrons. The number of rotatable bonds is 3. The molecular weight excluding hydrogens is 359 g/mol. The molecule has 1 aromatic rings. The van der Waals surface area contributed by atoms with Gasteiger partial charge in [0.1, 0.15) is 5.69 Å². The fourth-order valence-corrected chi connectivity index (χ4v) is 3.39. The van der Waals surface area contributed by atoms with E-state index in [1.165, 1.54) is 12.1 Å². The van der Waals surface area contributed by atoms with Crippen molar-refractivity contribution in [3.8, 4) is 0 Å². The number of carbonyl (C=O) groups is 2. The normalized spacial score (nSPS) is 22.7. The molecule has 1 saturated heterocycles. The monoisotopic (exact) mass is 373 g/mol. The number of nitrogens with one attached hydrogen (secondary N) is 1. The number of carbonyl (C=O) groups excluding carboxylic acids is 1. The smallest absolute Gasteiger partial charge is 0.394 e. The van der Waals surface area contributed by atoms with Crippen LogP contribution in [0.25, 0.3) is 0 Å². The van der Waals surface area contributed by atoms with Gasteiger partial charge in [-0.1, -0.05) is 0 Å². The zero-order valence-corrected chi connectivity index (χ0v) is 13.2. The predicted molar refractivity (Wildman–Crippen MR) is 82.9 cm³/mol. The number of hydrogen-bond donors (Lipinski definition) is 2. The van der Waals surface area contributed by atoms with Crippen molar-refractivity contribution in [3.05, 3.63) is 27.8 Å². The lowest BCUT2D eigenvalue weighted by Crippen LogP contribution is -2.33. The van der Waals surface area contributed by atoms with Crippen LogP contribution in [0.4, 0.5) is 30.2 Å². The molecule has 8 nitrogen and oxygen atoms in total. The van der Waals surface area contributed by atoms with Gasteiger partial charge in [0, 0.05) is 31.3 Å². The molecule has 3 rings (SSSR count). The summed E-state index contributed by atoms with van der Waals surface area (Å²) in [5, 5.41) is 23.0. The zero-order chi connectivity index (χ0) is 19.2. The van der Waals surface area contributed by atoms with E-state index in [4.69, 9.17) is 5.11 Å². The van der Waals surface area contributed by atoms with Crippen LogP contribution in [0.2, 0.25) is 0 Å². The number of nitro groups is 1. The second kappa shape index (κ2) is 6.15. The third-order valence-corrected chi connectivity index (χ3v) is 4.69. The molecule has 2 aliphatic heterocycles. The molecule has 0 spiro atoms. The van der Waals surface area contributed by atoms with Gasteiger partial charge in [-0.2, -0.15) is 13.2 Å². The summed E-state index contributed by atoms with van der Waals surface area (Å²) in [6.07, 6.45) is -4.30. The summed E-state index contributed by atoms with van der Waals surface area (Å²) in [5.74, 6) is -5.76. The molecule has 140 valence electrons. The second-order valence-electron chi connectivity index (χ2n) is 6.30. The predicted octanol–water partition coefficient (Wildman–Crippen LogP) is 2.18. The maximum Gasteiger partial charge on any atom is 0.394 e. The molecule has 0 unspecified atom stereocenters. The molecule has 0 aromatic heterocycles. The molecule has 1 aromatic carbocycles. The summed E-state index contributed by atoms with van der Waals surface area (Å²) in [6.45, 7) is -1.21. The van der Waals surface area contributed by atoms with E-state index in [1.807, 2.05) is 0 Å². The number of halogens is 3. The van der Waals surface area contributed by atoms with E-state index in [9.17, 15) is 32.9 Å². The van der Waals surface area contributed by atoms with Gasteiger partial charge in [-0.15, -0.1) is 0 Å². The summed E-state index contributed by atoms with van der Waals surface area (Å²) in [6, 6.07) is 2.48. The van der Waals surface area contributed by atoms with Gasteiger partial charge in [0.25, 0.3) is 5.69 Å². The van der Waals surface area contributed by atoms with E-state index in [0.29, 0.717) is 11.3 Å². The SMILES string of the molecule is O=C1CCc2cc([N+](=O)[O-])c(N3C[C@@H](C(F)(F)F)[C@H](C(=O)O)C3)cc2N1. The number of aliphatic carboxylic acids is 1. The van der Waals surface area contributed by atoms with Crippen LogP contribution in [-0.2, 0) is 16.0 Å². The number of carboxylic acids is 1. The van der Waals surface area contributed by atoms with Gasteiger partial charge >= 0.3 is 12.1 Å². The van der Waals surface area contributed by atoms with Gasteiger partial charge in [0.05, 0.1) is 16.8 Å². The van der Waals surface area contributed by atoms with Crippen LogP contribution >= 0.6 is 0 Å². The standard InChI is InChI=1S/C15H14F3N3O5/c16-15(17,18)9-6-20(5-8(9)14(23)24)11-4-10-7(1-2-13(22)19-10)3-12(11)21(25)26/h3-4,8-9H,1-2,5-6H2,(H,19,22)(H,23,24)/t8-,9-/m1/s1. The molecule has 2 heterocycles. The van der Waals surface area contributed by atoms with Crippen LogP contribution in [0.1, 0.15) is 12.0 Å².